The van der Waals surface area contributed by atoms with Gasteiger partial charge in [-0.05, 0) is 33.7 Å². The van der Waals surface area contributed by atoms with Gasteiger partial charge in [-0.15, -0.1) is 0 Å². The molecule has 18 heavy (non-hydrogen) atoms. The summed E-state index contributed by atoms with van der Waals surface area (Å²) in [6, 6.07) is 0.410. The molecule has 0 radical (unpaired) electrons. The quantitative estimate of drug-likeness (QED) is 0.812. The van der Waals surface area contributed by atoms with E-state index in [2.05, 4.69) is 51.2 Å². The summed E-state index contributed by atoms with van der Waals surface area (Å²) < 4.78 is 7.66. The second-order valence-corrected chi connectivity index (χ2v) is 5.52. The van der Waals surface area contributed by atoms with E-state index in [0.29, 0.717) is 12.6 Å². The van der Waals surface area contributed by atoms with Gasteiger partial charge in [0, 0.05) is 17.8 Å². The molecule has 0 aliphatic rings. The molecule has 1 unspecified atom stereocenters. The molecule has 0 amide bonds. The highest BCUT2D eigenvalue weighted by molar-refractivity contribution is 5.10. The van der Waals surface area contributed by atoms with Gasteiger partial charge in [0.25, 0.3) is 0 Å². The zero-order valence-corrected chi connectivity index (χ0v) is 12.4. The van der Waals surface area contributed by atoms with Gasteiger partial charge in [0.05, 0.1) is 24.9 Å². The van der Waals surface area contributed by atoms with Crippen molar-refractivity contribution in [2.75, 3.05) is 13.2 Å². The van der Waals surface area contributed by atoms with Gasteiger partial charge in [0.1, 0.15) is 0 Å². The Labute approximate surface area is 111 Å². The first-order valence-electron chi connectivity index (χ1n) is 6.86. The molecule has 0 aliphatic heterocycles. The zero-order valence-electron chi connectivity index (χ0n) is 12.4. The number of nitrogens with zero attached hydrogens (tertiary/aromatic N) is 2. The molecule has 1 atom stereocenters. The van der Waals surface area contributed by atoms with Gasteiger partial charge in [0.15, 0.2) is 0 Å². The first kappa shape index (κ1) is 15.2. The van der Waals surface area contributed by atoms with Gasteiger partial charge < -0.3 is 10.1 Å². The topological polar surface area (TPSA) is 39.1 Å². The van der Waals surface area contributed by atoms with E-state index >= 15 is 0 Å². The smallest absolute Gasteiger partial charge is 0.0669 e. The number of rotatable bonds is 7. The molecular weight excluding hydrogens is 226 g/mol. The second-order valence-electron chi connectivity index (χ2n) is 5.52. The maximum atomic E-state index is 5.70. The van der Waals surface area contributed by atoms with Crippen molar-refractivity contribution >= 4 is 0 Å². The second kappa shape index (κ2) is 6.90. The summed E-state index contributed by atoms with van der Waals surface area (Å²) in [6.07, 6.45) is 5.15. The third-order valence-electron chi connectivity index (χ3n) is 2.77. The lowest BCUT2D eigenvalue weighted by Gasteiger charge is -2.19. The van der Waals surface area contributed by atoms with E-state index in [1.54, 1.807) is 0 Å². The Bertz CT molecular complexity index is 341. The molecule has 1 N–H and O–H groups in total. The van der Waals surface area contributed by atoms with Crippen LogP contribution in [-0.2, 0) is 11.3 Å². The molecule has 0 bridgehead atoms. The van der Waals surface area contributed by atoms with Crippen LogP contribution in [0.3, 0.4) is 0 Å². The molecule has 0 spiro atoms. The summed E-state index contributed by atoms with van der Waals surface area (Å²) in [5, 5.41) is 7.84. The molecule has 0 saturated carbocycles. The number of aromatic nitrogens is 2. The fourth-order valence-electron chi connectivity index (χ4n) is 1.87. The Kier molecular flexibility index (Phi) is 5.82. The summed E-state index contributed by atoms with van der Waals surface area (Å²) in [6.45, 7) is 13.0. The van der Waals surface area contributed by atoms with E-state index in [0.717, 1.165) is 19.5 Å². The standard InChI is InChI=1S/C14H27N3O/c1-6-13(15-7-2)12-10-16-17(11-12)8-9-18-14(3,4)5/h10-11,13,15H,6-9H2,1-5H3. The van der Waals surface area contributed by atoms with E-state index in [4.69, 9.17) is 4.74 Å². The van der Waals surface area contributed by atoms with E-state index in [1.807, 2.05) is 10.9 Å². The Morgan fingerprint density at radius 3 is 2.67 bits per heavy atom. The van der Waals surface area contributed by atoms with Crippen molar-refractivity contribution in [3.05, 3.63) is 18.0 Å². The zero-order chi connectivity index (χ0) is 13.6. The summed E-state index contributed by atoms with van der Waals surface area (Å²) >= 11 is 0. The number of nitrogens with one attached hydrogen (secondary N) is 1. The van der Waals surface area contributed by atoms with Gasteiger partial charge in [-0.3, -0.25) is 4.68 Å². The van der Waals surface area contributed by atoms with Crippen LogP contribution in [-0.4, -0.2) is 28.5 Å². The SMILES string of the molecule is CCNC(CC)c1cnn(CCOC(C)(C)C)c1. The van der Waals surface area contributed by atoms with Crippen molar-refractivity contribution in [2.24, 2.45) is 0 Å². The first-order chi connectivity index (χ1) is 8.46. The maximum absolute atomic E-state index is 5.70. The van der Waals surface area contributed by atoms with Crippen molar-refractivity contribution in [3.8, 4) is 0 Å². The molecule has 1 rings (SSSR count). The minimum Gasteiger partial charge on any atom is -0.374 e. The Morgan fingerprint density at radius 2 is 2.11 bits per heavy atom. The fourth-order valence-corrected chi connectivity index (χ4v) is 1.87. The fraction of sp³-hybridized carbons (Fsp3) is 0.786. The molecule has 1 aromatic rings. The predicted molar refractivity (Wildman–Crippen MR) is 74.6 cm³/mol. The Morgan fingerprint density at radius 1 is 1.39 bits per heavy atom. The van der Waals surface area contributed by atoms with Gasteiger partial charge in [-0.25, -0.2) is 0 Å². The molecule has 0 fully saturated rings. The Hall–Kier alpha value is -0.870. The third kappa shape index (κ3) is 5.19. The molecule has 1 heterocycles. The molecule has 1 aromatic heterocycles. The lowest BCUT2D eigenvalue weighted by molar-refractivity contribution is -0.00790. The van der Waals surface area contributed by atoms with Gasteiger partial charge in [-0.1, -0.05) is 13.8 Å². The highest BCUT2D eigenvalue weighted by Crippen LogP contribution is 2.15. The first-order valence-corrected chi connectivity index (χ1v) is 6.86. The summed E-state index contributed by atoms with van der Waals surface area (Å²) in [7, 11) is 0. The summed E-state index contributed by atoms with van der Waals surface area (Å²) in [4.78, 5) is 0. The number of ether oxygens (including phenoxy) is 1. The van der Waals surface area contributed by atoms with E-state index in [1.165, 1.54) is 5.56 Å². The molecule has 0 aromatic carbocycles. The average Bonchev–Trinajstić information content (AvgIpc) is 2.72. The third-order valence-corrected chi connectivity index (χ3v) is 2.77. The van der Waals surface area contributed by atoms with Gasteiger partial charge in [-0.2, -0.15) is 5.10 Å². The van der Waals surface area contributed by atoms with Crippen LogP contribution in [0.15, 0.2) is 12.4 Å². The van der Waals surface area contributed by atoms with Crippen LogP contribution >= 0.6 is 0 Å². The van der Waals surface area contributed by atoms with Crippen LogP contribution in [0.5, 0.6) is 0 Å². The molecule has 104 valence electrons. The van der Waals surface area contributed by atoms with Crippen LogP contribution < -0.4 is 5.32 Å². The highest BCUT2D eigenvalue weighted by atomic mass is 16.5. The van der Waals surface area contributed by atoms with Crippen LogP contribution in [0.1, 0.15) is 52.6 Å². The minimum atomic E-state index is -0.0777. The molecule has 0 saturated heterocycles. The summed E-state index contributed by atoms with van der Waals surface area (Å²) in [5.74, 6) is 0. The molecule has 0 aliphatic carbocycles. The molecule has 4 nitrogen and oxygen atoms in total. The normalized spacial score (nSPS) is 13.8. The predicted octanol–water partition coefficient (Wildman–Crippen LogP) is 2.76. The average molecular weight is 253 g/mol. The largest absolute Gasteiger partial charge is 0.374 e. The van der Waals surface area contributed by atoms with Crippen LogP contribution in [0, 0.1) is 0 Å². The minimum absolute atomic E-state index is 0.0777. The van der Waals surface area contributed by atoms with Crippen LogP contribution in [0.2, 0.25) is 0 Å². The van der Waals surface area contributed by atoms with Crippen molar-refractivity contribution in [1.29, 1.82) is 0 Å². The number of hydrogen-bond acceptors (Lipinski definition) is 3. The van der Waals surface area contributed by atoms with Gasteiger partial charge >= 0.3 is 0 Å². The van der Waals surface area contributed by atoms with Crippen molar-refractivity contribution < 1.29 is 4.74 Å². The highest BCUT2D eigenvalue weighted by Gasteiger charge is 2.11. The summed E-state index contributed by atoms with van der Waals surface area (Å²) in [5.41, 5.74) is 1.18. The number of hydrogen-bond donors (Lipinski definition) is 1. The van der Waals surface area contributed by atoms with E-state index in [9.17, 15) is 0 Å². The van der Waals surface area contributed by atoms with Crippen LogP contribution in [0.4, 0.5) is 0 Å². The monoisotopic (exact) mass is 253 g/mol. The molecule has 4 heteroatoms. The van der Waals surface area contributed by atoms with Crippen molar-refractivity contribution in [3.63, 3.8) is 0 Å². The maximum Gasteiger partial charge on any atom is 0.0669 e. The lowest BCUT2D eigenvalue weighted by atomic mass is 10.1. The van der Waals surface area contributed by atoms with Crippen LogP contribution in [0.25, 0.3) is 0 Å². The Balaban J connectivity index is 2.47. The van der Waals surface area contributed by atoms with E-state index < -0.39 is 0 Å². The van der Waals surface area contributed by atoms with E-state index in [-0.39, 0.29) is 5.60 Å². The van der Waals surface area contributed by atoms with Crippen molar-refractivity contribution in [2.45, 2.75) is 59.2 Å². The molecular formula is C14H27N3O. The lowest BCUT2D eigenvalue weighted by Crippen LogP contribution is -2.22. The van der Waals surface area contributed by atoms with Crippen molar-refractivity contribution in [1.82, 2.24) is 15.1 Å². The van der Waals surface area contributed by atoms with Gasteiger partial charge in [0.2, 0.25) is 0 Å².